The molecule has 1 nitrogen and oxygen atoms in total. The lowest BCUT2D eigenvalue weighted by atomic mass is 9.90. The van der Waals surface area contributed by atoms with Crippen molar-refractivity contribution in [3.05, 3.63) is 21.9 Å². The molecule has 1 aliphatic heterocycles. The lowest BCUT2D eigenvalue weighted by Gasteiger charge is -2.39. The normalized spacial score (nSPS) is 34.2. The van der Waals surface area contributed by atoms with E-state index in [-0.39, 0.29) is 0 Å². The van der Waals surface area contributed by atoms with Crippen LogP contribution in [0.5, 0.6) is 0 Å². The van der Waals surface area contributed by atoms with Gasteiger partial charge in [-0.3, -0.25) is 4.90 Å². The van der Waals surface area contributed by atoms with E-state index >= 15 is 0 Å². The largest absolute Gasteiger partial charge is 0.300 e. The van der Waals surface area contributed by atoms with Crippen molar-refractivity contribution in [2.24, 2.45) is 11.8 Å². The van der Waals surface area contributed by atoms with Crippen LogP contribution in [-0.2, 0) is 5.41 Å². The van der Waals surface area contributed by atoms with Crippen molar-refractivity contribution in [1.29, 1.82) is 0 Å². The van der Waals surface area contributed by atoms with Crippen molar-refractivity contribution in [2.75, 3.05) is 13.1 Å². The van der Waals surface area contributed by atoms with Gasteiger partial charge in [-0.25, -0.2) is 0 Å². The number of hydrogen-bond acceptors (Lipinski definition) is 2. The van der Waals surface area contributed by atoms with Crippen LogP contribution >= 0.6 is 11.3 Å². The van der Waals surface area contributed by atoms with Crippen LogP contribution in [0.2, 0.25) is 0 Å². The van der Waals surface area contributed by atoms with Gasteiger partial charge in [-0.05, 0) is 61.0 Å². The fourth-order valence-corrected chi connectivity index (χ4v) is 5.75. The average Bonchev–Trinajstić information content (AvgIpc) is 3.06. The van der Waals surface area contributed by atoms with Crippen LogP contribution in [0.1, 0.15) is 76.0 Å². The summed E-state index contributed by atoms with van der Waals surface area (Å²) in [5.74, 6) is 2.59. The summed E-state index contributed by atoms with van der Waals surface area (Å²) in [6.07, 6.45) is 5.62. The first-order valence-corrected chi connectivity index (χ1v) is 9.99. The van der Waals surface area contributed by atoms with E-state index in [4.69, 9.17) is 0 Å². The molecule has 4 atom stereocenters. The van der Waals surface area contributed by atoms with Crippen LogP contribution in [0.25, 0.3) is 0 Å². The molecule has 0 unspecified atom stereocenters. The van der Waals surface area contributed by atoms with Gasteiger partial charge in [0.2, 0.25) is 0 Å². The maximum Gasteiger partial charge on any atom is 0.0102 e. The Morgan fingerprint density at radius 1 is 1.00 bits per heavy atom. The van der Waals surface area contributed by atoms with E-state index < -0.39 is 0 Å². The average molecular weight is 320 g/mol. The monoisotopic (exact) mass is 319 g/mol. The van der Waals surface area contributed by atoms with Gasteiger partial charge in [0.05, 0.1) is 0 Å². The van der Waals surface area contributed by atoms with Crippen LogP contribution < -0.4 is 0 Å². The molecule has 1 aromatic rings. The zero-order valence-electron chi connectivity index (χ0n) is 15.1. The highest BCUT2D eigenvalue weighted by atomic mass is 32.1. The first kappa shape index (κ1) is 16.5. The molecule has 22 heavy (non-hydrogen) atoms. The Kier molecular flexibility index (Phi) is 4.71. The molecule has 0 radical (unpaired) electrons. The van der Waals surface area contributed by atoms with E-state index in [1.165, 1.54) is 38.8 Å². The number of thiophene rings is 1. The molecular weight excluding hydrogens is 286 g/mol. The maximum atomic E-state index is 2.82. The lowest BCUT2D eigenvalue weighted by molar-refractivity contribution is 0.0971. The first-order chi connectivity index (χ1) is 10.3. The van der Waals surface area contributed by atoms with Crippen LogP contribution in [0.3, 0.4) is 0 Å². The van der Waals surface area contributed by atoms with Gasteiger partial charge in [0.1, 0.15) is 0 Å². The molecule has 3 rings (SSSR count). The van der Waals surface area contributed by atoms with Crippen molar-refractivity contribution in [3.63, 3.8) is 0 Å². The van der Waals surface area contributed by atoms with Gasteiger partial charge >= 0.3 is 0 Å². The van der Waals surface area contributed by atoms with E-state index in [9.17, 15) is 0 Å². The topological polar surface area (TPSA) is 3.24 Å². The maximum absolute atomic E-state index is 2.82. The molecule has 2 aliphatic rings. The number of hydrogen-bond donors (Lipinski definition) is 0. The number of rotatable bonds is 2. The Bertz CT molecular complexity index is 488. The molecule has 0 aromatic carbocycles. The Balaban J connectivity index is 1.63. The van der Waals surface area contributed by atoms with Gasteiger partial charge in [0, 0.05) is 28.9 Å². The third-order valence-corrected chi connectivity index (χ3v) is 7.26. The Morgan fingerprint density at radius 2 is 1.68 bits per heavy atom. The summed E-state index contributed by atoms with van der Waals surface area (Å²) >= 11 is 2.07. The molecule has 1 saturated heterocycles. The Morgan fingerprint density at radius 3 is 2.27 bits per heavy atom. The zero-order valence-corrected chi connectivity index (χ0v) is 15.9. The molecule has 0 N–H and O–H groups in total. The van der Waals surface area contributed by atoms with E-state index in [2.05, 4.69) is 63.0 Å². The second kappa shape index (κ2) is 6.28. The van der Waals surface area contributed by atoms with Crippen molar-refractivity contribution >= 4 is 11.3 Å². The van der Waals surface area contributed by atoms with Crippen LogP contribution in [0.4, 0.5) is 0 Å². The Labute approximate surface area is 141 Å². The minimum atomic E-state index is 0.304. The number of piperidine rings is 1. The summed E-state index contributed by atoms with van der Waals surface area (Å²) in [6.45, 7) is 14.5. The molecule has 2 heterocycles. The fourth-order valence-electron chi connectivity index (χ4n) is 4.53. The van der Waals surface area contributed by atoms with Crippen molar-refractivity contribution in [1.82, 2.24) is 4.90 Å². The van der Waals surface area contributed by atoms with Crippen molar-refractivity contribution in [2.45, 2.75) is 77.7 Å². The highest BCUT2D eigenvalue weighted by Crippen LogP contribution is 2.42. The van der Waals surface area contributed by atoms with Crippen LogP contribution in [-0.4, -0.2) is 24.0 Å². The zero-order chi connectivity index (χ0) is 15.9. The van der Waals surface area contributed by atoms with E-state index in [1.807, 2.05) is 0 Å². The predicted molar refractivity (Wildman–Crippen MR) is 97.9 cm³/mol. The highest BCUT2D eigenvalue weighted by molar-refractivity contribution is 7.12. The lowest BCUT2D eigenvalue weighted by Crippen LogP contribution is -2.44. The summed E-state index contributed by atoms with van der Waals surface area (Å²) in [5, 5.41) is 0. The minimum Gasteiger partial charge on any atom is -0.300 e. The summed E-state index contributed by atoms with van der Waals surface area (Å²) in [7, 11) is 0. The third kappa shape index (κ3) is 3.59. The Hall–Kier alpha value is -0.340. The van der Waals surface area contributed by atoms with Gasteiger partial charge in [-0.15, -0.1) is 11.3 Å². The summed E-state index contributed by atoms with van der Waals surface area (Å²) in [6, 6.07) is 5.63. The number of nitrogens with zero attached hydrogens (tertiary/aromatic N) is 1. The van der Waals surface area contributed by atoms with E-state index in [1.54, 1.807) is 9.75 Å². The SMILES string of the molecule is C[C@@H]1C[C@H](C)CN([C@H]2CC[C@@H](c3ccc(C(C)(C)C)s3)C2)C1. The van der Waals surface area contributed by atoms with Gasteiger partial charge in [0.15, 0.2) is 0 Å². The molecular formula is C20H33NS. The van der Waals surface area contributed by atoms with Crippen LogP contribution in [0, 0.1) is 11.8 Å². The van der Waals surface area contributed by atoms with E-state index in [0.29, 0.717) is 5.41 Å². The molecule has 0 amide bonds. The quantitative estimate of drug-likeness (QED) is 0.680. The molecule has 1 aromatic heterocycles. The van der Waals surface area contributed by atoms with Gasteiger partial charge in [-0.2, -0.15) is 0 Å². The first-order valence-electron chi connectivity index (χ1n) is 9.17. The smallest absolute Gasteiger partial charge is 0.0102 e. The second-order valence-electron chi connectivity index (χ2n) is 9.02. The molecule has 1 saturated carbocycles. The predicted octanol–water partition coefficient (Wildman–Crippen LogP) is 5.66. The summed E-state index contributed by atoms with van der Waals surface area (Å²) in [5.41, 5.74) is 0.304. The van der Waals surface area contributed by atoms with Crippen LogP contribution in [0.15, 0.2) is 12.1 Å². The van der Waals surface area contributed by atoms with Crippen molar-refractivity contribution in [3.8, 4) is 0 Å². The molecule has 124 valence electrons. The molecule has 2 heteroatoms. The fraction of sp³-hybridized carbons (Fsp3) is 0.800. The molecule has 1 aliphatic carbocycles. The molecule has 0 spiro atoms. The third-order valence-electron chi connectivity index (χ3n) is 5.59. The summed E-state index contributed by atoms with van der Waals surface area (Å²) in [4.78, 5) is 6.01. The molecule has 0 bridgehead atoms. The number of likely N-dealkylation sites (tertiary alicyclic amines) is 1. The minimum absolute atomic E-state index is 0.304. The molecule has 2 fully saturated rings. The second-order valence-corrected chi connectivity index (χ2v) is 10.1. The highest BCUT2D eigenvalue weighted by Gasteiger charge is 2.34. The van der Waals surface area contributed by atoms with Gasteiger partial charge < -0.3 is 0 Å². The van der Waals surface area contributed by atoms with Crippen molar-refractivity contribution < 1.29 is 0 Å². The standard InChI is InChI=1S/C20H33NS/c1-14-10-15(2)13-21(12-14)17-7-6-16(11-17)18-8-9-19(22-18)20(3,4)5/h8-9,14-17H,6-7,10-13H2,1-5H3/t14-,15+,16-,17+/m1/s1. The van der Waals surface area contributed by atoms with Gasteiger partial charge in [0.25, 0.3) is 0 Å². The van der Waals surface area contributed by atoms with Gasteiger partial charge in [-0.1, -0.05) is 34.6 Å². The van der Waals surface area contributed by atoms with E-state index in [0.717, 1.165) is 23.8 Å². The summed E-state index contributed by atoms with van der Waals surface area (Å²) < 4.78 is 0.